The number of anilines is 6. The summed E-state index contributed by atoms with van der Waals surface area (Å²) in [5.74, 6) is -4.19. The molecule has 31 heteroatoms. The largest absolute Gasteiger partial charge is 0.505 e. The van der Waals surface area contributed by atoms with Gasteiger partial charge in [0.15, 0.2) is 21.3 Å². The molecule has 0 aliphatic rings. The zero-order valence-corrected chi connectivity index (χ0v) is 45.6. The molecule has 82 heavy (non-hydrogen) atoms. The van der Waals surface area contributed by atoms with Crippen molar-refractivity contribution in [2.45, 2.75) is 25.3 Å². The van der Waals surface area contributed by atoms with Crippen molar-refractivity contribution in [3.05, 3.63) is 151 Å². The highest BCUT2D eigenvalue weighted by atomic mass is 32.2. The number of aromatic hydroxyl groups is 2. The quantitative estimate of drug-likeness (QED) is 0.0320. The van der Waals surface area contributed by atoms with Crippen molar-refractivity contribution >= 4 is 151 Å². The van der Waals surface area contributed by atoms with Crippen LogP contribution in [0, 0.1) is 0 Å². The van der Waals surface area contributed by atoms with Crippen LogP contribution in [0.2, 0.25) is 0 Å². The van der Waals surface area contributed by atoms with Gasteiger partial charge in [-0.3, -0.25) is 18.2 Å². The van der Waals surface area contributed by atoms with Gasteiger partial charge in [-0.05, 0) is 87.8 Å². The minimum atomic E-state index is -5.32. The highest BCUT2D eigenvalue weighted by Gasteiger charge is 2.29. The lowest BCUT2D eigenvalue weighted by Gasteiger charge is -2.17. The summed E-state index contributed by atoms with van der Waals surface area (Å²) in [4.78, 5) is 9.14. The fourth-order valence-corrected chi connectivity index (χ4v) is 11.9. The summed E-state index contributed by atoms with van der Waals surface area (Å²) in [5.41, 5.74) is -1.91. The monoisotopic (exact) mass is 1210 g/mol. The molecular formula is C51H38N10O16S5. The van der Waals surface area contributed by atoms with E-state index in [-0.39, 0.29) is 17.1 Å². The Morgan fingerprint density at radius 3 is 1.24 bits per heavy atom. The molecule has 0 amide bonds. The molecule has 0 unspecified atom stereocenters. The molecule has 10 aromatic rings. The Morgan fingerprint density at radius 2 is 0.829 bits per heavy atom. The van der Waals surface area contributed by atoms with Crippen molar-refractivity contribution in [2.75, 3.05) is 22.2 Å². The second-order valence-corrected chi connectivity index (χ2v) is 25.8. The van der Waals surface area contributed by atoms with E-state index >= 15 is 0 Å². The number of aromatic nitrogens is 3. The second kappa shape index (κ2) is 21.0. The minimum absolute atomic E-state index is 0.148. The Balaban J connectivity index is 1.18. The van der Waals surface area contributed by atoms with Gasteiger partial charge in [0.05, 0.1) is 38.3 Å². The second-order valence-electron chi connectivity index (χ2n) is 18.0. The van der Waals surface area contributed by atoms with E-state index in [0.717, 1.165) is 42.7 Å². The molecule has 9 N–H and O–H groups in total. The summed E-state index contributed by atoms with van der Waals surface area (Å²) in [6.07, 6.45) is 1.01. The number of fused-ring (bicyclic) bond motifs is 4. The zero-order valence-electron chi connectivity index (χ0n) is 41.5. The highest BCUT2D eigenvalue weighted by molar-refractivity contribution is 7.90. The molecule has 0 fully saturated rings. The molecule has 0 spiro atoms. The average molecular weight is 1210 g/mol. The normalized spacial score (nSPS) is 12.7. The SMILES string of the molecule is CS(=O)(=O)Cc1cccc(Nc2nc(Nc3cc(S(=O)(=O)O)cc4cc(S(=O)(=O)O)c(N=Nc5cccc6ccccc56)c(O)c34)nc(Nc3cc(S(=O)(=O)O)cc4cc(S(=O)(=O)O)c(N=Nc5cccc6ccccc56)c(O)c34)n2)c1. The lowest BCUT2D eigenvalue weighted by atomic mass is 10.1. The van der Waals surface area contributed by atoms with E-state index in [4.69, 9.17) is 0 Å². The number of nitrogens with zero attached hydrogens (tertiary/aromatic N) is 7. The Bertz CT molecular complexity index is 4730. The number of nitrogens with one attached hydrogen (secondary N) is 3. The van der Waals surface area contributed by atoms with Gasteiger partial charge in [0.2, 0.25) is 17.8 Å². The Hall–Kier alpha value is -9.18. The zero-order chi connectivity index (χ0) is 58.7. The van der Waals surface area contributed by atoms with Crippen LogP contribution in [0.25, 0.3) is 43.1 Å². The molecule has 0 bridgehead atoms. The first kappa shape index (κ1) is 56.1. The number of phenolic OH excluding ortho intramolecular Hbond substituents is 2. The lowest BCUT2D eigenvalue weighted by molar-refractivity contribution is 0.471. The van der Waals surface area contributed by atoms with Crippen molar-refractivity contribution in [3.63, 3.8) is 0 Å². The van der Waals surface area contributed by atoms with E-state index in [2.05, 4.69) is 51.4 Å². The van der Waals surface area contributed by atoms with Crippen molar-refractivity contribution in [1.82, 2.24) is 15.0 Å². The maximum Gasteiger partial charge on any atom is 0.296 e. The van der Waals surface area contributed by atoms with E-state index in [0.29, 0.717) is 27.1 Å². The van der Waals surface area contributed by atoms with Gasteiger partial charge in [-0.25, -0.2) is 8.42 Å². The van der Waals surface area contributed by atoms with E-state index in [1.165, 1.54) is 36.4 Å². The van der Waals surface area contributed by atoms with Crippen LogP contribution in [0.3, 0.4) is 0 Å². The van der Waals surface area contributed by atoms with Crippen LogP contribution in [0.15, 0.2) is 186 Å². The van der Waals surface area contributed by atoms with Gasteiger partial charge < -0.3 is 26.2 Å². The summed E-state index contributed by atoms with van der Waals surface area (Å²) < 4.78 is 169. The third kappa shape index (κ3) is 12.0. The van der Waals surface area contributed by atoms with Gasteiger partial charge in [0.25, 0.3) is 40.5 Å². The first-order valence-electron chi connectivity index (χ1n) is 23.3. The molecule has 9 aromatic carbocycles. The van der Waals surface area contributed by atoms with E-state index in [1.54, 1.807) is 72.8 Å². The first-order chi connectivity index (χ1) is 38.6. The van der Waals surface area contributed by atoms with Crippen molar-refractivity contribution in [1.29, 1.82) is 0 Å². The third-order valence-corrected chi connectivity index (χ3v) is 16.4. The maximum atomic E-state index is 13.0. The molecule has 0 aliphatic heterocycles. The van der Waals surface area contributed by atoms with E-state index < -0.39 is 149 Å². The number of benzene rings is 9. The number of phenols is 2. The Morgan fingerprint density at radius 1 is 0.427 bits per heavy atom. The number of hydrogen-bond acceptors (Lipinski definition) is 22. The molecule has 0 aliphatic carbocycles. The fraction of sp³-hybridized carbons (Fsp3) is 0.0392. The van der Waals surface area contributed by atoms with Crippen molar-refractivity contribution in [3.8, 4) is 11.5 Å². The third-order valence-electron chi connectivity index (χ3n) is 12.2. The number of hydrogen-bond donors (Lipinski definition) is 9. The van der Waals surface area contributed by atoms with Crippen LogP contribution >= 0.6 is 0 Å². The number of rotatable bonds is 16. The minimum Gasteiger partial charge on any atom is -0.505 e. The average Bonchev–Trinajstić information content (AvgIpc) is 3.48. The fourth-order valence-electron chi connectivity index (χ4n) is 8.76. The summed E-state index contributed by atoms with van der Waals surface area (Å²) in [7, 11) is -24.6. The molecule has 26 nitrogen and oxygen atoms in total. The van der Waals surface area contributed by atoms with Crippen LogP contribution < -0.4 is 16.0 Å². The summed E-state index contributed by atoms with van der Waals surface area (Å²) in [5, 5.41) is 49.4. The van der Waals surface area contributed by atoms with Crippen LogP contribution in [0.4, 0.5) is 57.7 Å². The van der Waals surface area contributed by atoms with Gasteiger partial charge >= 0.3 is 0 Å². The van der Waals surface area contributed by atoms with Gasteiger partial charge in [0, 0.05) is 33.5 Å². The van der Waals surface area contributed by atoms with Gasteiger partial charge in [-0.15, -0.1) is 20.5 Å². The molecule has 0 saturated heterocycles. The highest BCUT2D eigenvalue weighted by Crippen LogP contribution is 2.48. The van der Waals surface area contributed by atoms with Gasteiger partial charge in [0.1, 0.15) is 21.2 Å². The van der Waals surface area contributed by atoms with Crippen molar-refractivity contribution in [2.24, 2.45) is 20.5 Å². The van der Waals surface area contributed by atoms with Gasteiger partial charge in [-0.1, -0.05) is 84.9 Å². The topological polar surface area (TPSA) is 416 Å². The lowest BCUT2D eigenvalue weighted by Crippen LogP contribution is -2.09. The molecule has 1 aromatic heterocycles. The molecule has 418 valence electrons. The van der Waals surface area contributed by atoms with Crippen molar-refractivity contribution < 1.29 is 70.5 Å². The molecular weight excluding hydrogens is 1170 g/mol. The number of azo groups is 2. The molecule has 10 rings (SSSR count). The predicted octanol–water partition coefficient (Wildman–Crippen LogP) is 10.5. The van der Waals surface area contributed by atoms with Crippen LogP contribution in [-0.4, -0.2) is 91.7 Å². The Labute approximate surface area is 464 Å². The van der Waals surface area contributed by atoms with Crippen LogP contribution in [0.5, 0.6) is 11.5 Å². The predicted molar refractivity (Wildman–Crippen MR) is 301 cm³/mol. The molecule has 0 radical (unpaired) electrons. The summed E-state index contributed by atoms with van der Waals surface area (Å²) in [6.45, 7) is 0. The van der Waals surface area contributed by atoms with Gasteiger partial charge in [-0.2, -0.15) is 48.6 Å². The Kier molecular flexibility index (Phi) is 14.4. The summed E-state index contributed by atoms with van der Waals surface area (Å²) in [6, 6.07) is 34.1. The van der Waals surface area contributed by atoms with Crippen LogP contribution in [-0.2, 0) is 56.1 Å². The smallest absolute Gasteiger partial charge is 0.296 e. The van der Waals surface area contributed by atoms with E-state index in [9.17, 15) is 70.5 Å². The first-order valence-corrected chi connectivity index (χ1v) is 31.1. The molecule has 0 saturated carbocycles. The van der Waals surface area contributed by atoms with Crippen LogP contribution in [0.1, 0.15) is 5.56 Å². The van der Waals surface area contributed by atoms with E-state index in [1.807, 2.05) is 0 Å². The summed E-state index contributed by atoms with van der Waals surface area (Å²) >= 11 is 0. The standard InChI is InChI=1S/C51H38N10O16S5/c1-78(64,65)26-27-9-6-14-32(19-27)52-49-55-50(53-39-24-33(79(66,67)68)20-30-22-41(81(72,73)74)45(47(62)43(30)39)60-58-37-17-7-12-28-10-2-4-15-35(28)37)57-51(56-49)54-40-25-34(80(69,70)71)21-31-23-42(82(75,76)77)46(48(63)44(31)40)61-59-38-18-8-13-29-11-3-5-16-36(29)38/h2-25,62-63H,26H2,1H3,(H,66,67,68)(H,69,70,71)(H,72,73,74)(H,75,76,77)(H3,52,53,54,55,56,57). The molecule has 1 heterocycles. The number of sulfone groups is 1. The molecule has 0 atom stereocenters. The maximum absolute atomic E-state index is 13.0.